The van der Waals surface area contributed by atoms with Crippen LogP contribution in [0.15, 0.2) is 23.0 Å². The Kier molecular flexibility index (Phi) is 4.12. The minimum Gasteiger partial charge on any atom is -0.372 e. The molecule has 0 aromatic carbocycles. The Morgan fingerprint density at radius 1 is 1.38 bits per heavy atom. The summed E-state index contributed by atoms with van der Waals surface area (Å²) in [5.74, 6) is 1.60. The van der Waals surface area contributed by atoms with E-state index < -0.39 is 0 Å². The number of morpholine rings is 1. The molecule has 1 fully saturated rings. The van der Waals surface area contributed by atoms with Gasteiger partial charge >= 0.3 is 0 Å². The van der Waals surface area contributed by atoms with Crippen molar-refractivity contribution in [2.45, 2.75) is 19.6 Å². The van der Waals surface area contributed by atoms with Crippen LogP contribution in [0.5, 0.6) is 0 Å². The van der Waals surface area contributed by atoms with E-state index in [9.17, 15) is 0 Å². The van der Waals surface area contributed by atoms with Crippen LogP contribution >= 0.6 is 0 Å². The standard InChI is InChI=1S/C14H19N5O2/c1-10-7-11(18-21-10)8-19-5-6-20-12(9-19)13-14(15-2)17-4-3-16-13/h3-4,7,12H,5-6,8-9H2,1-2H3,(H,15,17). The number of ether oxygens (including phenoxy) is 1. The maximum Gasteiger partial charge on any atom is 0.150 e. The third kappa shape index (κ3) is 3.20. The molecular weight excluding hydrogens is 270 g/mol. The van der Waals surface area contributed by atoms with Crippen molar-refractivity contribution in [3.8, 4) is 0 Å². The van der Waals surface area contributed by atoms with Crippen molar-refractivity contribution in [1.82, 2.24) is 20.0 Å². The van der Waals surface area contributed by atoms with Gasteiger partial charge in [-0.2, -0.15) is 0 Å². The summed E-state index contributed by atoms with van der Waals surface area (Å²) in [6.07, 6.45) is 3.29. The van der Waals surface area contributed by atoms with Crippen LogP contribution in [0.3, 0.4) is 0 Å². The van der Waals surface area contributed by atoms with Crippen molar-refractivity contribution in [3.63, 3.8) is 0 Å². The van der Waals surface area contributed by atoms with Crippen LogP contribution in [0.25, 0.3) is 0 Å². The lowest BCUT2D eigenvalue weighted by molar-refractivity contribution is -0.0353. The summed E-state index contributed by atoms with van der Waals surface area (Å²) in [4.78, 5) is 11.0. The van der Waals surface area contributed by atoms with Crippen LogP contribution in [0.2, 0.25) is 0 Å². The number of hydrogen-bond donors (Lipinski definition) is 1. The number of nitrogens with zero attached hydrogens (tertiary/aromatic N) is 4. The van der Waals surface area contributed by atoms with Gasteiger partial charge in [0, 0.05) is 45.1 Å². The van der Waals surface area contributed by atoms with Gasteiger partial charge in [0.1, 0.15) is 23.4 Å². The highest BCUT2D eigenvalue weighted by atomic mass is 16.5. The maximum atomic E-state index is 5.85. The Hall–Kier alpha value is -1.99. The molecule has 0 aliphatic carbocycles. The van der Waals surface area contributed by atoms with Crippen LogP contribution < -0.4 is 5.32 Å². The zero-order valence-corrected chi connectivity index (χ0v) is 12.2. The second-order valence-electron chi connectivity index (χ2n) is 5.06. The third-order valence-corrected chi connectivity index (χ3v) is 3.48. The molecule has 3 rings (SSSR count). The molecule has 2 aromatic rings. The summed E-state index contributed by atoms with van der Waals surface area (Å²) >= 11 is 0. The van der Waals surface area contributed by atoms with Crippen LogP contribution in [-0.4, -0.2) is 46.8 Å². The van der Waals surface area contributed by atoms with Crippen molar-refractivity contribution in [2.75, 3.05) is 32.1 Å². The maximum absolute atomic E-state index is 5.85. The molecule has 2 aromatic heterocycles. The third-order valence-electron chi connectivity index (χ3n) is 3.48. The van der Waals surface area contributed by atoms with Crippen LogP contribution in [0.4, 0.5) is 5.82 Å². The first-order valence-electron chi connectivity index (χ1n) is 7.01. The highest BCUT2D eigenvalue weighted by molar-refractivity contribution is 5.40. The molecule has 1 aliphatic rings. The fourth-order valence-corrected chi connectivity index (χ4v) is 2.51. The molecule has 1 saturated heterocycles. The fourth-order valence-electron chi connectivity index (χ4n) is 2.51. The van der Waals surface area contributed by atoms with Gasteiger partial charge in [0.2, 0.25) is 0 Å². The lowest BCUT2D eigenvalue weighted by Gasteiger charge is -2.32. The van der Waals surface area contributed by atoms with Crippen molar-refractivity contribution in [3.05, 3.63) is 35.6 Å². The lowest BCUT2D eigenvalue weighted by atomic mass is 10.2. The summed E-state index contributed by atoms with van der Waals surface area (Å²) < 4.78 is 11.0. The summed E-state index contributed by atoms with van der Waals surface area (Å²) in [6, 6.07) is 1.96. The molecule has 0 amide bonds. The molecule has 112 valence electrons. The zero-order valence-electron chi connectivity index (χ0n) is 12.2. The molecule has 7 heteroatoms. The largest absolute Gasteiger partial charge is 0.372 e. The number of rotatable bonds is 4. The number of aryl methyl sites for hydroxylation is 1. The van der Waals surface area contributed by atoms with Crippen LogP contribution in [-0.2, 0) is 11.3 Å². The first kappa shape index (κ1) is 14.0. The highest BCUT2D eigenvalue weighted by Crippen LogP contribution is 2.25. The zero-order chi connectivity index (χ0) is 14.7. The molecule has 21 heavy (non-hydrogen) atoms. The van der Waals surface area contributed by atoms with E-state index in [2.05, 4.69) is 25.3 Å². The Morgan fingerprint density at radius 3 is 3.00 bits per heavy atom. The molecule has 1 N–H and O–H groups in total. The van der Waals surface area contributed by atoms with Gasteiger partial charge in [-0.25, -0.2) is 4.98 Å². The van der Waals surface area contributed by atoms with Gasteiger partial charge in [0.05, 0.1) is 12.3 Å². The normalized spacial score (nSPS) is 19.6. The first-order chi connectivity index (χ1) is 10.3. The molecule has 0 radical (unpaired) electrons. The summed E-state index contributed by atoms with van der Waals surface area (Å²) in [6.45, 7) is 4.96. The Balaban J connectivity index is 1.70. The predicted molar refractivity (Wildman–Crippen MR) is 76.8 cm³/mol. The Morgan fingerprint density at radius 2 is 2.24 bits per heavy atom. The predicted octanol–water partition coefficient (Wildman–Crippen LogP) is 1.39. The molecule has 3 heterocycles. The number of hydrogen-bond acceptors (Lipinski definition) is 7. The summed E-state index contributed by atoms with van der Waals surface area (Å²) in [5, 5.41) is 7.10. The topological polar surface area (TPSA) is 76.3 Å². The Labute approximate surface area is 123 Å². The lowest BCUT2D eigenvalue weighted by Crippen LogP contribution is -2.38. The summed E-state index contributed by atoms with van der Waals surface area (Å²) in [7, 11) is 1.84. The molecule has 0 saturated carbocycles. The Bertz CT molecular complexity index is 601. The minimum absolute atomic E-state index is 0.0807. The van der Waals surface area contributed by atoms with Gasteiger partial charge in [-0.3, -0.25) is 9.88 Å². The van der Waals surface area contributed by atoms with Crippen LogP contribution in [0.1, 0.15) is 23.3 Å². The van der Waals surface area contributed by atoms with E-state index in [4.69, 9.17) is 9.26 Å². The van der Waals surface area contributed by atoms with Gasteiger partial charge in [-0.1, -0.05) is 5.16 Å². The van der Waals surface area contributed by atoms with E-state index in [1.807, 2.05) is 20.0 Å². The second kappa shape index (κ2) is 6.19. The quantitative estimate of drug-likeness (QED) is 0.911. The van der Waals surface area contributed by atoms with E-state index in [1.165, 1.54) is 0 Å². The molecular formula is C14H19N5O2. The number of aromatic nitrogens is 3. The number of anilines is 1. The highest BCUT2D eigenvalue weighted by Gasteiger charge is 2.26. The van der Waals surface area contributed by atoms with Gasteiger partial charge in [0.25, 0.3) is 0 Å². The average molecular weight is 289 g/mol. The molecule has 1 unspecified atom stereocenters. The van der Waals surface area contributed by atoms with E-state index in [0.29, 0.717) is 6.61 Å². The molecule has 1 aliphatic heterocycles. The van der Waals surface area contributed by atoms with Crippen molar-refractivity contribution >= 4 is 5.82 Å². The average Bonchev–Trinajstić information content (AvgIpc) is 2.92. The van der Waals surface area contributed by atoms with Gasteiger partial charge in [0.15, 0.2) is 0 Å². The molecule has 1 atom stereocenters. The van der Waals surface area contributed by atoms with Gasteiger partial charge < -0.3 is 14.6 Å². The summed E-state index contributed by atoms with van der Waals surface area (Å²) in [5.41, 5.74) is 1.79. The van der Waals surface area contributed by atoms with E-state index >= 15 is 0 Å². The van der Waals surface area contributed by atoms with E-state index in [1.54, 1.807) is 12.4 Å². The number of nitrogens with one attached hydrogen (secondary N) is 1. The minimum atomic E-state index is -0.0807. The van der Waals surface area contributed by atoms with Crippen molar-refractivity contribution in [2.24, 2.45) is 0 Å². The van der Waals surface area contributed by atoms with E-state index in [0.717, 1.165) is 42.6 Å². The van der Waals surface area contributed by atoms with Crippen molar-refractivity contribution in [1.29, 1.82) is 0 Å². The SMILES string of the molecule is CNc1nccnc1C1CN(Cc2cc(C)on2)CCO1. The van der Waals surface area contributed by atoms with E-state index in [-0.39, 0.29) is 6.10 Å². The van der Waals surface area contributed by atoms with Crippen molar-refractivity contribution < 1.29 is 9.26 Å². The first-order valence-corrected chi connectivity index (χ1v) is 7.01. The monoisotopic (exact) mass is 289 g/mol. The smallest absolute Gasteiger partial charge is 0.150 e. The molecule has 0 spiro atoms. The van der Waals surface area contributed by atoms with Crippen LogP contribution in [0, 0.1) is 6.92 Å². The van der Waals surface area contributed by atoms with Gasteiger partial charge in [-0.15, -0.1) is 0 Å². The molecule has 0 bridgehead atoms. The fraction of sp³-hybridized carbons (Fsp3) is 0.500. The second-order valence-corrected chi connectivity index (χ2v) is 5.06. The van der Waals surface area contributed by atoms with Gasteiger partial charge in [-0.05, 0) is 6.92 Å². The molecule has 7 nitrogen and oxygen atoms in total.